The number of halogens is 6. The zero-order valence-electron chi connectivity index (χ0n) is 17.8. The molecule has 2 unspecified atom stereocenters. The first-order valence-corrected chi connectivity index (χ1v) is 10.7. The number of piperidine rings is 1. The van der Waals surface area contributed by atoms with E-state index >= 15 is 0 Å². The first kappa shape index (κ1) is 24.3. The number of nitrogens with one attached hydrogen (secondary N) is 2. The van der Waals surface area contributed by atoms with Gasteiger partial charge >= 0.3 is 12.4 Å². The van der Waals surface area contributed by atoms with Crippen LogP contribution in [0.5, 0.6) is 0 Å². The summed E-state index contributed by atoms with van der Waals surface area (Å²) in [6.45, 7) is 0.929. The maximum Gasteiger partial charge on any atom is 0.423 e. The summed E-state index contributed by atoms with van der Waals surface area (Å²) in [7, 11) is 0. The fourth-order valence-electron chi connectivity index (χ4n) is 4.71. The molecule has 0 aromatic heterocycles. The van der Waals surface area contributed by atoms with Crippen LogP contribution in [0.2, 0.25) is 0 Å². The highest BCUT2D eigenvalue weighted by Crippen LogP contribution is 2.40. The minimum absolute atomic E-state index is 0.00397. The maximum absolute atomic E-state index is 13.3. The van der Waals surface area contributed by atoms with Crippen LogP contribution in [0.3, 0.4) is 0 Å². The molecule has 2 aliphatic heterocycles. The van der Waals surface area contributed by atoms with Gasteiger partial charge in [-0.2, -0.15) is 26.3 Å². The summed E-state index contributed by atoms with van der Waals surface area (Å²) in [5.41, 5.74) is 4.08. The standard InChI is InChI=1S/C22H22F6N4O2/c23-21(24,25)15-3-1-2-14(10-15)19-12-18(29-30-19)13-6-8-31(9-7-13)16-4-5-20(32(33)34)17(11-16)22(26,27)28/h1-5,10-11,13,18-19,29-30H,6-9,12H2. The molecule has 34 heavy (non-hydrogen) atoms. The van der Waals surface area contributed by atoms with E-state index in [4.69, 9.17) is 0 Å². The van der Waals surface area contributed by atoms with Gasteiger partial charge in [0, 0.05) is 36.9 Å². The number of alkyl halides is 6. The lowest BCUT2D eigenvalue weighted by atomic mass is 9.86. The zero-order chi connectivity index (χ0) is 24.7. The largest absolute Gasteiger partial charge is 0.423 e. The molecular formula is C22H22F6N4O2. The normalized spacial score (nSPS) is 22.2. The van der Waals surface area contributed by atoms with Gasteiger partial charge in [-0.25, -0.2) is 0 Å². The van der Waals surface area contributed by atoms with Crippen LogP contribution < -0.4 is 15.8 Å². The maximum atomic E-state index is 13.3. The van der Waals surface area contributed by atoms with Crippen molar-refractivity contribution in [3.8, 4) is 0 Å². The van der Waals surface area contributed by atoms with Gasteiger partial charge in [0.15, 0.2) is 0 Å². The molecule has 184 valence electrons. The molecule has 2 heterocycles. The summed E-state index contributed by atoms with van der Waals surface area (Å²) in [6, 6.07) is 7.94. The molecule has 0 saturated carbocycles. The average Bonchev–Trinajstić information content (AvgIpc) is 3.28. The number of benzene rings is 2. The first-order chi connectivity index (χ1) is 15.9. The molecule has 2 fully saturated rings. The Morgan fingerprint density at radius 2 is 1.65 bits per heavy atom. The van der Waals surface area contributed by atoms with Crippen LogP contribution in [-0.4, -0.2) is 24.1 Å². The lowest BCUT2D eigenvalue weighted by molar-refractivity contribution is -0.388. The van der Waals surface area contributed by atoms with Crippen molar-refractivity contribution in [2.24, 2.45) is 5.92 Å². The lowest BCUT2D eigenvalue weighted by Crippen LogP contribution is -2.42. The predicted octanol–water partition coefficient (Wildman–Crippen LogP) is 5.46. The molecule has 0 bridgehead atoms. The molecular weight excluding hydrogens is 466 g/mol. The van der Waals surface area contributed by atoms with E-state index in [1.165, 1.54) is 12.1 Å². The van der Waals surface area contributed by atoms with E-state index < -0.39 is 34.1 Å². The topological polar surface area (TPSA) is 70.4 Å². The number of nitro benzene ring substituents is 1. The number of hydrogen-bond acceptors (Lipinski definition) is 5. The molecule has 6 nitrogen and oxygen atoms in total. The molecule has 0 spiro atoms. The lowest BCUT2D eigenvalue weighted by Gasteiger charge is -2.36. The highest BCUT2D eigenvalue weighted by atomic mass is 19.4. The van der Waals surface area contributed by atoms with Crippen LogP contribution in [0, 0.1) is 16.0 Å². The highest BCUT2D eigenvalue weighted by molar-refractivity contribution is 5.57. The summed E-state index contributed by atoms with van der Waals surface area (Å²) in [5, 5.41) is 11.0. The van der Waals surface area contributed by atoms with Crippen LogP contribution in [0.1, 0.15) is 42.0 Å². The fraction of sp³-hybridized carbons (Fsp3) is 0.455. The highest BCUT2D eigenvalue weighted by Gasteiger charge is 2.39. The van der Waals surface area contributed by atoms with Crippen molar-refractivity contribution in [2.45, 2.75) is 43.7 Å². The zero-order valence-corrected chi connectivity index (χ0v) is 17.8. The Balaban J connectivity index is 1.39. The van der Waals surface area contributed by atoms with Gasteiger partial charge in [0.1, 0.15) is 5.56 Å². The fourth-order valence-corrected chi connectivity index (χ4v) is 4.71. The molecule has 0 aliphatic carbocycles. The van der Waals surface area contributed by atoms with E-state index in [9.17, 15) is 36.5 Å². The molecule has 0 amide bonds. The first-order valence-electron chi connectivity index (χ1n) is 10.7. The summed E-state index contributed by atoms with van der Waals surface area (Å²) in [6.07, 6.45) is -7.35. The molecule has 2 aromatic rings. The van der Waals surface area contributed by atoms with Crippen LogP contribution >= 0.6 is 0 Å². The minimum Gasteiger partial charge on any atom is -0.371 e. The van der Waals surface area contributed by atoms with E-state index in [1.54, 1.807) is 11.0 Å². The van der Waals surface area contributed by atoms with Gasteiger partial charge in [-0.3, -0.25) is 21.0 Å². The Labute approximate surface area is 191 Å². The third-order valence-corrected chi connectivity index (χ3v) is 6.50. The van der Waals surface area contributed by atoms with Crippen molar-refractivity contribution in [3.63, 3.8) is 0 Å². The van der Waals surface area contributed by atoms with Crippen LogP contribution in [-0.2, 0) is 12.4 Å². The molecule has 2 N–H and O–H groups in total. The number of nitrogens with zero attached hydrogens (tertiary/aromatic N) is 2. The molecule has 2 saturated heterocycles. The van der Waals surface area contributed by atoms with E-state index in [1.807, 2.05) is 0 Å². The number of nitro groups is 1. The van der Waals surface area contributed by atoms with Gasteiger partial charge in [0.05, 0.1) is 10.5 Å². The summed E-state index contributed by atoms with van der Waals surface area (Å²) in [5.74, 6) is 0.180. The Bertz CT molecular complexity index is 1050. The molecule has 12 heteroatoms. The average molecular weight is 488 g/mol. The minimum atomic E-state index is -4.84. The molecule has 2 atom stereocenters. The monoisotopic (exact) mass is 488 g/mol. The quantitative estimate of drug-likeness (QED) is 0.340. The van der Waals surface area contributed by atoms with Crippen molar-refractivity contribution in [1.29, 1.82) is 0 Å². The third-order valence-electron chi connectivity index (χ3n) is 6.50. The summed E-state index contributed by atoms with van der Waals surface area (Å²) in [4.78, 5) is 11.7. The van der Waals surface area contributed by atoms with Gasteiger partial charge in [-0.05, 0) is 55.0 Å². The van der Waals surface area contributed by atoms with Crippen molar-refractivity contribution in [3.05, 3.63) is 69.3 Å². The number of hydrazine groups is 1. The van der Waals surface area contributed by atoms with Crippen LogP contribution in [0.25, 0.3) is 0 Å². The van der Waals surface area contributed by atoms with Gasteiger partial charge < -0.3 is 4.90 Å². The second kappa shape index (κ2) is 9.06. The molecule has 4 rings (SSSR count). The second-order valence-electron chi connectivity index (χ2n) is 8.59. The molecule has 0 radical (unpaired) electrons. The number of hydrogen-bond donors (Lipinski definition) is 2. The summed E-state index contributed by atoms with van der Waals surface area (Å²) >= 11 is 0. The van der Waals surface area contributed by atoms with E-state index in [0.717, 1.165) is 24.3 Å². The number of rotatable bonds is 4. The van der Waals surface area contributed by atoms with E-state index in [-0.39, 0.29) is 23.7 Å². The summed E-state index contributed by atoms with van der Waals surface area (Å²) < 4.78 is 78.9. The third kappa shape index (κ3) is 5.12. The van der Waals surface area contributed by atoms with Crippen molar-refractivity contribution < 1.29 is 31.3 Å². The Kier molecular flexibility index (Phi) is 6.47. The van der Waals surface area contributed by atoms with Gasteiger partial charge in [0.2, 0.25) is 0 Å². The van der Waals surface area contributed by atoms with Crippen LogP contribution in [0.4, 0.5) is 37.7 Å². The molecule has 2 aromatic carbocycles. The SMILES string of the molecule is O=[N+]([O-])c1ccc(N2CCC(C3CC(c4cccc(C(F)(F)F)c4)NN3)CC2)cc1C(F)(F)F. The van der Waals surface area contributed by atoms with Crippen LogP contribution in [0.15, 0.2) is 42.5 Å². The van der Waals surface area contributed by atoms with Gasteiger partial charge in [-0.1, -0.05) is 12.1 Å². The van der Waals surface area contributed by atoms with E-state index in [0.29, 0.717) is 37.9 Å². The Morgan fingerprint density at radius 3 is 2.26 bits per heavy atom. The predicted molar refractivity (Wildman–Crippen MR) is 112 cm³/mol. The smallest absolute Gasteiger partial charge is 0.371 e. The van der Waals surface area contributed by atoms with Crippen molar-refractivity contribution in [2.75, 3.05) is 18.0 Å². The van der Waals surface area contributed by atoms with Gasteiger partial charge in [-0.15, -0.1) is 0 Å². The molecule has 2 aliphatic rings. The Morgan fingerprint density at radius 1 is 0.941 bits per heavy atom. The van der Waals surface area contributed by atoms with Gasteiger partial charge in [0.25, 0.3) is 5.69 Å². The van der Waals surface area contributed by atoms with E-state index in [2.05, 4.69) is 10.9 Å². The Hall–Kier alpha value is -2.86. The van der Waals surface area contributed by atoms with Crippen molar-refractivity contribution >= 4 is 11.4 Å². The second-order valence-corrected chi connectivity index (χ2v) is 8.59. The number of anilines is 1. The van der Waals surface area contributed by atoms with Crippen molar-refractivity contribution in [1.82, 2.24) is 10.9 Å².